The Balaban J connectivity index is 1.59. The molecular weight excluding hydrogens is 737 g/mol. The molecule has 5 nitrogen and oxygen atoms in total. The second kappa shape index (κ2) is 31.1. The van der Waals surface area contributed by atoms with Crippen LogP contribution in [0.3, 0.4) is 0 Å². The van der Waals surface area contributed by atoms with Crippen molar-refractivity contribution in [2.45, 2.75) is 335 Å². The minimum Gasteiger partial charge on any atom is -0.431 e. The van der Waals surface area contributed by atoms with Gasteiger partial charge in [-0.25, -0.2) is 4.79 Å². The number of hydrogen-bond donors (Lipinski definition) is 0. The van der Waals surface area contributed by atoms with E-state index in [1.165, 1.54) is 205 Å². The maximum absolute atomic E-state index is 13.4. The van der Waals surface area contributed by atoms with Crippen LogP contribution in [0.2, 0.25) is 0 Å². The van der Waals surface area contributed by atoms with E-state index in [1.807, 2.05) is 0 Å². The molecule has 0 radical (unpaired) electrons. The molecule has 0 aromatic rings. The van der Waals surface area contributed by atoms with Crippen molar-refractivity contribution in [2.24, 2.45) is 0 Å². The Kier molecular flexibility index (Phi) is 28.7. The number of piperidine rings is 2. The highest BCUT2D eigenvalue weighted by molar-refractivity contribution is 5.60. The predicted octanol–water partition coefficient (Wildman–Crippen LogP) is 17.7. The number of likely N-dealkylation sites (tertiary alicyclic amines) is 2. The summed E-state index contributed by atoms with van der Waals surface area (Å²) in [5.74, 6) is 0. The summed E-state index contributed by atoms with van der Waals surface area (Å²) in [5, 5.41) is 0. The third kappa shape index (κ3) is 23.8. The lowest BCUT2D eigenvalue weighted by atomic mass is 9.77. The predicted molar refractivity (Wildman–Crippen MR) is 262 cm³/mol. The lowest BCUT2D eigenvalue weighted by Crippen LogP contribution is -2.63. The second-order valence-corrected chi connectivity index (χ2v) is 22.7. The number of carbonyl (C=O) groups excluding carboxylic acids is 1. The summed E-state index contributed by atoms with van der Waals surface area (Å²) in [7, 11) is 0. The van der Waals surface area contributed by atoms with E-state index in [0.717, 1.165) is 38.8 Å². The largest absolute Gasteiger partial charge is 0.508 e. The Morgan fingerprint density at radius 2 is 0.533 bits per heavy atom. The van der Waals surface area contributed by atoms with Crippen LogP contribution in [-0.2, 0) is 9.47 Å². The van der Waals surface area contributed by atoms with Gasteiger partial charge in [-0.15, -0.1) is 0 Å². The molecule has 0 unspecified atom stereocenters. The maximum atomic E-state index is 13.4. The first-order chi connectivity index (χ1) is 28.6. The smallest absolute Gasteiger partial charge is 0.431 e. The van der Waals surface area contributed by atoms with Crippen LogP contribution in [0.4, 0.5) is 4.79 Å². The molecule has 60 heavy (non-hydrogen) atoms. The van der Waals surface area contributed by atoms with Crippen molar-refractivity contribution in [1.82, 2.24) is 9.80 Å². The summed E-state index contributed by atoms with van der Waals surface area (Å²) < 4.78 is 12.3. The highest BCUT2D eigenvalue weighted by Crippen LogP contribution is 2.42. The SMILES string of the molecule is CCCCCCCCCCCCCCCCCCN1C(C)(C)CC(OC(=O)OC2CC(C)(C)N(CCCCCCCCCCCCCCCCCC)C(C)(C)C2)CC1(C)C. The zero-order valence-electron chi connectivity index (χ0n) is 42.6. The van der Waals surface area contributed by atoms with Crippen molar-refractivity contribution < 1.29 is 14.3 Å². The summed E-state index contributed by atoms with van der Waals surface area (Å²) in [5.41, 5.74) is -0.0944. The van der Waals surface area contributed by atoms with E-state index in [4.69, 9.17) is 9.47 Å². The summed E-state index contributed by atoms with van der Waals surface area (Å²) >= 11 is 0. The fraction of sp³-hybridized carbons (Fsp3) is 0.982. The Hall–Kier alpha value is -0.810. The molecule has 0 saturated carbocycles. The van der Waals surface area contributed by atoms with Crippen LogP contribution < -0.4 is 0 Å². The quantitative estimate of drug-likeness (QED) is 0.0464. The van der Waals surface area contributed by atoms with Crippen molar-refractivity contribution in [3.63, 3.8) is 0 Å². The van der Waals surface area contributed by atoms with Gasteiger partial charge in [-0.2, -0.15) is 0 Å². The summed E-state index contributed by atoms with van der Waals surface area (Å²) in [4.78, 5) is 18.8. The van der Waals surface area contributed by atoms with Gasteiger partial charge < -0.3 is 9.47 Å². The van der Waals surface area contributed by atoms with Gasteiger partial charge in [-0.3, -0.25) is 9.80 Å². The van der Waals surface area contributed by atoms with Gasteiger partial charge in [0.1, 0.15) is 12.2 Å². The van der Waals surface area contributed by atoms with Crippen LogP contribution in [0.5, 0.6) is 0 Å². The monoisotopic (exact) mass is 845 g/mol. The first kappa shape index (κ1) is 55.3. The maximum Gasteiger partial charge on any atom is 0.508 e. The first-order valence-electron chi connectivity index (χ1n) is 27.1. The van der Waals surface area contributed by atoms with Crippen LogP contribution >= 0.6 is 0 Å². The summed E-state index contributed by atoms with van der Waals surface area (Å²) in [6.45, 7) is 25.6. The van der Waals surface area contributed by atoms with Crippen LogP contribution in [0.1, 0.15) is 300 Å². The van der Waals surface area contributed by atoms with Gasteiger partial charge in [0.15, 0.2) is 0 Å². The Labute approximate surface area is 376 Å². The molecule has 356 valence electrons. The lowest BCUT2D eigenvalue weighted by molar-refractivity contribution is -0.118. The average Bonchev–Trinajstić information content (AvgIpc) is 3.15. The number of carbonyl (C=O) groups is 1. The van der Waals surface area contributed by atoms with E-state index in [0.29, 0.717) is 0 Å². The Morgan fingerprint density at radius 3 is 0.733 bits per heavy atom. The molecule has 0 bridgehead atoms. The van der Waals surface area contributed by atoms with Crippen molar-refractivity contribution in [1.29, 1.82) is 0 Å². The average molecular weight is 845 g/mol. The number of hydrogen-bond acceptors (Lipinski definition) is 5. The highest BCUT2D eigenvalue weighted by atomic mass is 16.7. The molecule has 2 saturated heterocycles. The van der Waals surface area contributed by atoms with Gasteiger partial charge in [0, 0.05) is 47.8 Å². The number of rotatable bonds is 36. The normalized spacial score (nSPS) is 19.5. The first-order valence-corrected chi connectivity index (χ1v) is 27.1. The van der Waals surface area contributed by atoms with Gasteiger partial charge in [-0.1, -0.05) is 206 Å². The number of unbranched alkanes of at least 4 members (excludes halogenated alkanes) is 30. The van der Waals surface area contributed by atoms with E-state index >= 15 is 0 Å². The lowest BCUT2D eigenvalue weighted by Gasteiger charge is -2.55. The minimum atomic E-state index is -0.458. The molecule has 0 aliphatic carbocycles. The van der Waals surface area contributed by atoms with E-state index in [1.54, 1.807) is 0 Å². The van der Waals surface area contributed by atoms with E-state index in [9.17, 15) is 4.79 Å². The molecule has 0 spiro atoms. The highest BCUT2D eigenvalue weighted by Gasteiger charge is 2.48. The number of nitrogens with zero attached hydrogens (tertiary/aromatic N) is 2. The van der Waals surface area contributed by atoms with Crippen molar-refractivity contribution in [2.75, 3.05) is 13.1 Å². The van der Waals surface area contributed by atoms with Crippen molar-refractivity contribution in [3.8, 4) is 0 Å². The fourth-order valence-electron chi connectivity index (χ4n) is 11.8. The van der Waals surface area contributed by atoms with E-state index in [-0.39, 0.29) is 34.4 Å². The van der Waals surface area contributed by atoms with Crippen LogP contribution in [-0.4, -0.2) is 63.4 Å². The molecule has 0 amide bonds. The molecule has 0 atom stereocenters. The zero-order valence-corrected chi connectivity index (χ0v) is 42.6. The van der Waals surface area contributed by atoms with Crippen LogP contribution in [0.25, 0.3) is 0 Å². The Morgan fingerprint density at radius 1 is 0.350 bits per heavy atom. The summed E-state index contributed by atoms with van der Waals surface area (Å²) in [6.07, 6.45) is 47.6. The van der Waals surface area contributed by atoms with E-state index in [2.05, 4.69) is 79.0 Å². The minimum absolute atomic E-state index is 0.0236. The van der Waals surface area contributed by atoms with Crippen LogP contribution in [0.15, 0.2) is 0 Å². The third-order valence-corrected chi connectivity index (χ3v) is 14.8. The molecule has 5 heteroatoms. The molecule has 0 aromatic heterocycles. The molecule has 0 N–H and O–H groups in total. The van der Waals surface area contributed by atoms with Crippen LogP contribution in [0, 0.1) is 0 Å². The molecular formula is C55H108N2O3. The molecule has 2 rings (SSSR count). The molecule has 2 aliphatic rings. The molecule has 0 aromatic carbocycles. The van der Waals surface area contributed by atoms with Crippen molar-refractivity contribution >= 4 is 6.16 Å². The molecule has 2 fully saturated rings. The van der Waals surface area contributed by atoms with Gasteiger partial charge in [0.05, 0.1) is 0 Å². The molecule has 2 heterocycles. The molecule has 2 aliphatic heterocycles. The number of ether oxygens (including phenoxy) is 2. The topological polar surface area (TPSA) is 42.0 Å². The van der Waals surface area contributed by atoms with Gasteiger partial charge >= 0.3 is 6.16 Å². The van der Waals surface area contributed by atoms with Gasteiger partial charge in [0.2, 0.25) is 0 Å². The summed E-state index contributed by atoms with van der Waals surface area (Å²) in [6, 6.07) is 0. The van der Waals surface area contributed by atoms with E-state index < -0.39 is 6.16 Å². The fourth-order valence-corrected chi connectivity index (χ4v) is 11.8. The Bertz CT molecular complexity index is 936. The van der Waals surface area contributed by atoms with Crippen molar-refractivity contribution in [3.05, 3.63) is 0 Å². The second-order valence-electron chi connectivity index (χ2n) is 22.7. The zero-order chi connectivity index (χ0) is 44.2. The van der Waals surface area contributed by atoms with Gasteiger partial charge in [-0.05, 0) is 81.3 Å². The third-order valence-electron chi connectivity index (χ3n) is 14.8. The van der Waals surface area contributed by atoms with Gasteiger partial charge in [0.25, 0.3) is 0 Å². The standard InChI is InChI=1S/C55H108N2O3/c1-11-13-15-17-19-21-23-25-27-29-31-33-35-37-39-41-43-56-52(3,4)45-49(46-53(56,5)6)59-51(58)60-50-47-54(7,8)57(55(9,10)48-50)44-42-40-38-36-34-32-30-28-26-24-22-20-18-16-14-12-2/h49-50H,11-48H2,1-10H3.